The van der Waals surface area contributed by atoms with Crippen LogP contribution in [-0.2, 0) is 9.53 Å². The third-order valence-electron chi connectivity index (χ3n) is 2.66. The molecular weight excluding hydrogens is 200 g/mol. The number of hydrogen-bond acceptors (Lipinski definition) is 4. The lowest BCUT2D eigenvalue weighted by atomic mass is 9.99. The highest BCUT2D eigenvalue weighted by atomic mass is 32.2. The summed E-state index contributed by atoms with van der Waals surface area (Å²) in [5, 5.41) is 3.58. The topological polar surface area (TPSA) is 64.3 Å². The van der Waals surface area contributed by atoms with Gasteiger partial charge in [-0.1, -0.05) is 0 Å². The number of carbonyl (C=O) groups excluding carboxylic acids is 1. The molecule has 1 aliphatic rings. The summed E-state index contributed by atoms with van der Waals surface area (Å²) in [5.41, 5.74) is 4.74. The molecule has 1 amide bonds. The van der Waals surface area contributed by atoms with Crippen molar-refractivity contribution < 1.29 is 9.53 Å². The quantitative estimate of drug-likeness (QED) is 0.657. The molecule has 0 aromatic heterocycles. The van der Waals surface area contributed by atoms with Crippen molar-refractivity contribution in [1.29, 1.82) is 0 Å². The zero-order chi connectivity index (χ0) is 10.6. The van der Waals surface area contributed by atoms with Gasteiger partial charge in [-0.25, -0.2) is 0 Å². The van der Waals surface area contributed by atoms with Gasteiger partial charge in [0.2, 0.25) is 5.91 Å². The van der Waals surface area contributed by atoms with Crippen molar-refractivity contribution in [2.45, 2.75) is 24.1 Å². The Morgan fingerprint density at radius 3 is 2.71 bits per heavy atom. The van der Waals surface area contributed by atoms with E-state index in [-0.39, 0.29) is 5.91 Å². The zero-order valence-corrected chi connectivity index (χ0v) is 9.52. The molecule has 82 valence electrons. The molecule has 0 radical (unpaired) electrons. The molecule has 3 N–H and O–H groups in total. The summed E-state index contributed by atoms with van der Waals surface area (Å²) < 4.78 is 5.06. The van der Waals surface area contributed by atoms with Crippen LogP contribution in [0.5, 0.6) is 0 Å². The second-order valence-corrected chi connectivity index (χ2v) is 5.13. The van der Waals surface area contributed by atoms with Gasteiger partial charge in [0, 0.05) is 0 Å². The number of ether oxygens (including phenoxy) is 1. The monoisotopic (exact) mass is 218 g/mol. The van der Waals surface area contributed by atoms with Crippen molar-refractivity contribution in [2.75, 3.05) is 26.0 Å². The number of thioether (sulfide) groups is 1. The van der Waals surface area contributed by atoms with E-state index >= 15 is 0 Å². The van der Waals surface area contributed by atoms with E-state index in [4.69, 9.17) is 10.5 Å². The SMILES string of the molecule is CNC(C)(CCSC1COC1)C(N)=O. The predicted molar refractivity (Wildman–Crippen MR) is 58.3 cm³/mol. The maximum atomic E-state index is 11.1. The number of nitrogens with one attached hydrogen (secondary N) is 1. The lowest BCUT2D eigenvalue weighted by molar-refractivity contribution is -0.123. The first-order valence-corrected chi connectivity index (χ1v) is 5.81. The maximum absolute atomic E-state index is 11.1. The molecule has 0 aliphatic carbocycles. The van der Waals surface area contributed by atoms with Crippen LogP contribution in [0.4, 0.5) is 0 Å². The first-order valence-electron chi connectivity index (χ1n) is 4.76. The van der Waals surface area contributed by atoms with Crippen LogP contribution in [0.25, 0.3) is 0 Å². The summed E-state index contributed by atoms with van der Waals surface area (Å²) in [6, 6.07) is 0. The molecule has 1 heterocycles. The van der Waals surface area contributed by atoms with Crippen molar-refractivity contribution in [2.24, 2.45) is 5.73 Å². The minimum absolute atomic E-state index is 0.287. The fraction of sp³-hybridized carbons (Fsp3) is 0.889. The van der Waals surface area contributed by atoms with Crippen LogP contribution in [0.2, 0.25) is 0 Å². The van der Waals surface area contributed by atoms with Crippen molar-refractivity contribution in [3.63, 3.8) is 0 Å². The average molecular weight is 218 g/mol. The molecule has 0 aromatic rings. The van der Waals surface area contributed by atoms with Crippen LogP contribution < -0.4 is 11.1 Å². The lowest BCUT2D eigenvalue weighted by Gasteiger charge is -2.28. The fourth-order valence-electron chi connectivity index (χ4n) is 1.11. The third-order valence-corrected chi connectivity index (χ3v) is 3.84. The molecule has 1 rings (SSSR count). The number of rotatable bonds is 6. The molecular formula is C9H18N2O2S. The number of hydrogen-bond donors (Lipinski definition) is 2. The van der Waals surface area contributed by atoms with Crippen LogP contribution in [0, 0.1) is 0 Å². The van der Waals surface area contributed by atoms with E-state index in [2.05, 4.69) is 5.32 Å². The Balaban J connectivity index is 2.22. The highest BCUT2D eigenvalue weighted by Crippen LogP contribution is 2.22. The van der Waals surface area contributed by atoms with Gasteiger partial charge in [-0.2, -0.15) is 11.8 Å². The van der Waals surface area contributed by atoms with Crippen LogP contribution in [-0.4, -0.2) is 42.7 Å². The average Bonchev–Trinajstić information content (AvgIpc) is 2.08. The summed E-state index contributed by atoms with van der Waals surface area (Å²) in [6.45, 7) is 3.53. The number of carbonyl (C=O) groups is 1. The van der Waals surface area contributed by atoms with Crippen molar-refractivity contribution in [3.8, 4) is 0 Å². The molecule has 1 fully saturated rings. The Kier molecular flexibility index (Phi) is 4.22. The molecule has 0 bridgehead atoms. The normalized spacial score (nSPS) is 21.3. The van der Waals surface area contributed by atoms with E-state index in [0.29, 0.717) is 5.25 Å². The van der Waals surface area contributed by atoms with E-state index in [9.17, 15) is 4.79 Å². The van der Waals surface area contributed by atoms with Crippen LogP contribution in [0.3, 0.4) is 0 Å². The summed E-state index contributed by atoms with van der Waals surface area (Å²) in [7, 11) is 1.77. The number of primary amides is 1. The van der Waals surface area contributed by atoms with Crippen LogP contribution >= 0.6 is 11.8 Å². The molecule has 0 saturated carbocycles. The van der Waals surface area contributed by atoms with Crippen molar-refractivity contribution in [3.05, 3.63) is 0 Å². The van der Waals surface area contributed by atoms with Gasteiger partial charge < -0.3 is 15.8 Å². The number of nitrogens with two attached hydrogens (primary N) is 1. The number of likely N-dealkylation sites (N-methyl/N-ethyl adjacent to an activating group) is 1. The maximum Gasteiger partial charge on any atom is 0.237 e. The van der Waals surface area contributed by atoms with E-state index in [1.54, 1.807) is 7.05 Å². The predicted octanol–water partition coefficient (Wildman–Crippen LogP) is -0.0281. The van der Waals surface area contributed by atoms with Crippen molar-refractivity contribution in [1.82, 2.24) is 5.32 Å². The molecule has 5 heteroatoms. The van der Waals surface area contributed by atoms with Gasteiger partial charge in [-0.15, -0.1) is 0 Å². The molecule has 1 unspecified atom stereocenters. The highest BCUT2D eigenvalue weighted by molar-refractivity contribution is 8.00. The smallest absolute Gasteiger partial charge is 0.237 e. The largest absolute Gasteiger partial charge is 0.379 e. The number of amides is 1. The first kappa shape index (κ1) is 11.8. The van der Waals surface area contributed by atoms with E-state index in [1.165, 1.54) is 0 Å². The Labute approximate surface area is 88.9 Å². The van der Waals surface area contributed by atoms with E-state index in [0.717, 1.165) is 25.4 Å². The summed E-state index contributed by atoms with van der Waals surface area (Å²) in [4.78, 5) is 11.1. The van der Waals surface area contributed by atoms with Gasteiger partial charge in [-0.3, -0.25) is 4.79 Å². The summed E-state index contributed by atoms with van der Waals surface area (Å²) >= 11 is 1.85. The van der Waals surface area contributed by atoms with Gasteiger partial charge in [-0.05, 0) is 26.1 Å². The lowest BCUT2D eigenvalue weighted by Crippen LogP contribution is -2.52. The van der Waals surface area contributed by atoms with Gasteiger partial charge in [0.15, 0.2) is 0 Å². The van der Waals surface area contributed by atoms with Gasteiger partial charge >= 0.3 is 0 Å². The first-order chi connectivity index (χ1) is 6.58. The highest BCUT2D eigenvalue weighted by Gasteiger charge is 2.29. The Morgan fingerprint density at radius 1 is 1.71 bits per heavy atom. The second-order valence-electron chi connectivity index (χ2n) is 3.73. The molecule has 1 atom stereocenters. The van der Waals surface area contributed by atoms with Crippen molar-refractivity contribution >= 4 is 17.7 Å². The van der Waals surface area contributed by atoms with E-state index in [1.807, 2.05) is 18.7 Å². The van der Waals surface area contributed by atoms with Gasteiger partial charge in [0.05, 0.1) is 24.0 Å². The van der Waals surface area contributed by atoms with Crippen LogP contribution in [0.1, 0.15) is 13.3 Å². The van der Waals surface area contributed by atoms with Gasteiger partial charge in [0.1, 0.15) is 0 Å². The Hall–Kier alpha value is -0.260. The Morgan fingerprint density at radius 2 is 2.36 bits per heavy atom. The molecule has 1 saturated heterocycles. The minimum atomic E-state index is -0.572. The fourth-order valence-corrected chi connectivity index (χ4v) is 2.36. The molecule has 1 aliphatic heterocycles. The summed E-state index contributed by atoms with van der Waals surface area (Å²) in [6.07, 6.45) is 0.764. The standard InChI is InChI=1S/C9H18N2O2S/c1-9(11-2,8(10)12)3-4-14-7-5-13-6-7/h7,11H,3-6H2,1-2H3,(H2,10,12). The minimum Gasteiger partial charge on any atom is -0.379 e. The van der Waals surface area contributed by atoms with Gasteiger partial charge in [0.25, 0.3) is 0 Å². The molecule has 4 nitrogen and oxygen atoms in total. The second kappa shape index (κ2) is 5.00. The molecule has 0 aromatic carbocycles. The Bertz CT molecular complexity index is 209. The van der Waals surface area contributed by atoms with Crippen LogP contribution in [0.15, 0.2) is 0 Å². The van der Waals surface area contributed by atoms with E-state index < -0.39 is 5.54 Å². The zero-order valence-electron chi connectivity index (χ0n) is 8.71. The third kappa shape index (κ3) is 2.87. The molecule has 0 spiro atoms. The summed E-state index contributed by atoms with van der Waals surface area (Å²) in [5.74, 6) is 0.652. The molecule has 14 heavy (non-hydrogen) atoms.